The van der Waals surface area contributed by atoms with Gasteiger partial charge in [0.2, 0.25) is 0 Å². The summed E-state index contributed by atoms with van der Waals surface area (Å²) in [6.07, 6.45) is 0. The molecule has 2 aromatic rings. The summed E-state index contributed by atoms with van der Waals surface area (Å²) in [5.74, 6) is 1.39. The van der Waals surface area contributed by atoms with E-state index in [-0.39, 0.29) is 6.04 Å². The summed E-state index contributed by atoms with van der Waals surface area (Å²) in [7, 11) is 1.69. The topological polar surface area (TPSA) is 33.3 Å². The molecule has 0 spiro atoms. The highest BCUT2D eigenvalue weighted by molar-refractivity contribution is 7.80. The van der Waals surface area contributed by atoms with Gasteiger partial charge in [0.1, 0.15) is 5.75 Å². The van der Waals surface area contributed by atoms with Crippen LogP contribution in [0, 0.1) is 6.92 Å². The normalized spacial score (nSPS) is 11.9. The van der Waals surface area contributed by atoms with E-state index in [9.17, 15) is 0 Å². The van der Waals surface area contributed by atoms with E-state index in [0.717, 1.165) is 17.0 Å². The Balaban J connectivity index is 2.02. The molecule has 0 heterocycles. The first-order valence-electron chi connectivity index (χ1n) is 8.22. The highest BCUT2D eigenvalue weighted by Crippen LogP contribution is 2.26. The lowest BCUT2D eigenvalue weighted by Gasteiger charge is -2.20. The zero-order valence-electron chi connectivity index (χ0n) is 15.0. The Morgan fingerprint density at radius 2 is 1.71 bits per heavy atom. The minimum atomic E-state index is 0.0507. The van der Waals surface area contributed by atoms with Crippen molar-refractivity contribution < 1.29 is 4.74 Å². The highest BCUT2D eigenvalue weighted by Gasteiger charge is 2.13. The predicted molar refractivity (Wildman–Crippen MR) is 106 cm³/mol. The number of benzene rings is 2. The molecule has 0 saturated heterocycles. The lowest BCUT2D eigenvalue weighted by atomic mass is 10.0. The van der Waals surface area contributed by atoms with Gasteiger partial charge in [-0.2, -0.15) is 0 Å². The highest BCUT2D eigenvalue weighted by atomic mass is 32.1. The van der Waals surface area contributed by atoms with Crippen molar-refractivity contribution in [1.29, 1.82) is 0 Å². The van der Waals surface area contributed by atoms with Gasteiger partial charge in [-0.3, -0.25) is 0 Å². The van der Waals surface area contributed by atoms with Crippen LogP contribution in [0.3, 0.4) is 0 Å². The van der Waals surface area contributed by atoms with Crippen molar-refractivity contribution in [3.8, 4) is 5.75 Å². The van der Waals surface area contributed by atoms with Gasteiger partial charge in [0.25, 0.3) is 0 Å². The molecular formula is C20H26N2OS. The molecule has 0 aromatic heterocycles. The first-order valence-corrected chi connectivity index (χ1v) is 8.63. The number of methoxy groups -OCH3 is 1. The summed E-state index contributed by atoms with van der Waals surface area (Å²) in [5.41, 5.74) is 4.59. The molecule has 0 fully saturated rings. The second kappa shape index (κ2) is 8.15. The van der Waals surface area contributed by atoms with Gasteiger partial charge in [-0.25, -0.2) is 0 Å². The third-order valence-corrected chi connectivity index (χ3v) is 4.25. The average Bonchev–Trinajstić information content (AvgIpc) is 2.55. The van der Waals surface area contributed by atoms with Crippen LogP contribution in [0.2, 0.25) is 0 Å². The summed E-state index contributed by atoms with van der Waals surface area (Å²) in [4.78, 5) is 0. The largest absolute Gasteiger partial charge is 0.496 e. The number of thiocarbonyl (C=S) groups is 1. The van der Waals surface area contributed by atoms with Crippen LogP contribution < -0.4 is 15.4 Å². The van der Waals surface area contributed by atoms with Crippen LogP contribution in [0.1, 0.15) is 49.4 Å². The third-order valence-electron chi connectivity index (χ3n) is 4.03. The average molecular weight is 343 g/mol. The lowest BCUT2D eigenvalue weighted by Crippen LogP contribution is -2.31. The molecule has 0 unspecified atom stereocenters. The first kappa shape index (κ1) is 18.3. The van der Waals surface area contributed by atoms with Gasteiger partial charge in [0.05, 0.1) is 13.2 Å². The molecule has 0 bridgehead atoms. The molecule has 0 aliphatic rings. The fraction of sp³-hybridized carbons (Fsp3) is 0.350. The molecule has 2 N–H and O–H groups in total. The molecule has 128 valence electrons. The second-order valence-electron chi connectivity index (χ2n) is 6.34. The van der Waals surface area contributed by atoms with Crippen LogP contribution in [-0.2, 0) is 0 Å². The monoisotopic (exact) mass is 342 g/mol. The minimum Gasteiger partial charge on any atom is -0.496 e. The van der Waals surface area contributed by atoms with Crippen molar-refractivity contribution in [1.82, 2.24) is 5.32 Å². The van der Waals surface area contributed by atoms with Gasteiger partial charge in [-0.05, 0) is 55.7 Å². The van der Waals surface area contributed by atoms with E-state index in [4.69, 9.17) is 17.0 Å². The van der Waals surface area contributed by atoms with E-state index in [2.05, 4.69) is 68.7 Å². The molecule has 4 heteroatoms. The van der Waals surface area contributed by atoms with Crippen molar-refractivity contribution in [2.75, 3.05) is 12.4 Å². The fourth-order valence-corrected chi connectivity index (χ4v) is 2.88. The molecule has 2 rings (SSSR count). The standard InChI is InChI=1S/C20H26N2OS/c1-13(2)16-7-9-17(10-8-16)22-20(24)21-15(4)18-12-14(3)6-11-19(18)23-5/h6-13,15H,1-5H3,(H2,21,22,24)/t15-/m1/s1. The van der Waals surface area contributed by atoms with E-state index in [1.807, 2.05) is 12.1 Å². The summed E-state index contributed by atoms with van der Waals surface area (Å²) >= 11 is 5.45. The molecular weight excluding hydrogens is 316 g/mol. The zero-order valence-corrected chi connectivity index (χ0v) is 15.8. The molecule has 1 atom stereocenters. The van der Waals surface area contributed by atoms with Crippen LogP contribution >= 0.6 is 12.2 Å². The molecule has 3 nitrogen and oxygen atoms in total. The Kier molecular flexibility index (Phi) is 6.21. The van der Waals surface area contributed by atoms with E-state index in [1.165, 1.54) is 11.1 Å². The summed E-state index contributed by atoms with van der Waals surface area (Å²) < 4.78 is 5.45. The van der Waals surface area contributed by atoms with Crippen LogP contribution in [0.4, 0.5) is 5.69 Å². The van der Waals surface area contributed by atoms with E-state index < -0.39 is 0 Å². The molecule has 0 aliphatic heterocycles. The number of hydrogen-bond acceptors (Lipinski definition) is 2. The molecule has 24 heavy (non-hydrogen) atoms. The zero-order chi connectivity index (χ0) is 17.7. The number of aryl methyl sites for hydroxylation is 1. The third kappa shape index (κ3) is 4.71. The maximum atomic E-state index is 5.45. The SMILES string of the molecule is COc1ccc(C)cc1[C@@H](C)NC(=S)Nc1ccc(C(C)C)cc1. The van der Waals surface area contributed by atoms with E-state index >= 15 is 0 Å². The Morgan fingerprint density at radius 1 is 1.04 bits per heavy atom. The summed E-state index contributed by atoms with van der Waals surface area (Å²) in [6, 6.07) is 14.6. The Hall–Kier alpha value is -2.07. The van der Waals surface area contributed by atoms with Gasteiger partial charge in [-0.1, -0.05) is 43.7 Å². The van der Waals surface area contributed by atoms with E-state index in [1.54, 1.807) is 7.11 Å². The van der Waals surface area contributed by atoms with Crippen molar-refractivity contribution in [3.05, 3.63) is 59.2 Å². The summed E-state index contributed by atoms with van der Waals surface area (Å²) in [5, 5.41) is 7.16. The molecule has 0 amide bonds. The first-order chi connectivity index (χ1) is 11.4. The van der Waals surface area contributed by atoms with Crippen molar-refractivity contribution in [2.24, 2.45) is 0 Å². The van der Waals surface area contributed by atoms with Gasteiger partial charge in [0.15, 0.2) is 5.11 Å². The predicted octanol–water partition coefficient (Wildman–Crippen LogP) is 5.17. The number of nitrogens with one attached hydrogen (secondary N) is 2. The van der Waals surface area contributed by atoms with Gasteiger partial charge in [-0.15, -0.1) is 0 Å². The Bertz CT molecular complexity index is 695. The Morgan fingerprint density at radius 3 is 2.29 bits per heavy atom. The maximum Gasteiger partial charge on any atom is 0.171 e. The quantitative estimate of drug-likeness (QED) is 0.734. The van der Waals surface area contributed by atoms with Crippen molar-refractivity contribution >= 4 is 23.0 Å². The number of anilines is 1. The second-order valence-corrected chi connectivity index (χ2v) is 6.75. The van der Waals surface area contributed by atoms with Crippen molar-refractivity contribution in [2.45, 2.75) is 39.7 Å². The smallest absolute Gasteiger partial charge is 0.171 e. The number of ether oxygens (including phenoxy) is 1. The van der Waals surface area contributed by atoms with Gasteiger partial charge < -0.3 is 15.4 Å². The summed E-state index contributed by atoms with van der Waals surface area (Å²) in [6.45, 7) is 8.52. The van der Waals surface area contributed by atoms with Gasteiger partial charge in [0, 0.05) is 11.3 Å². The van der Waals surface area contributed by atoms with Crippen LogP contribution in [0.15, 0.2) is 42.5 Å². The number of hydrogen-bond donors (Lipinski definition) is 2. The molecule has 0 radical (unpaired) electrons. The lowest BCUT2D eigenvalue weighted by molar-refractivity contribution is 0.405. The van der Waals surface area contributed by atoms with Crippen LogP contribution in [-0.4, -0.2) is 12.2 Å². The Labute approximate surface area is 150 Å². The fourth-order valence-electron chi connectivity index (χ4n) is 2.59. The molecule has 2 aromatic carbocycles. The molecule has 0 saturated carbocycles. The minimum absolute atomic E-state index is 0.0507. The number of rotatable bonds is 5. The van der Waals surface area contributed by atoms with Crippen LogP contribution in [0.25, 0.3) is 0 Å². The van der Waals surface area contributed by atoms with Crippen molar-refractivity contribution in [3.63, 3.8) is 0 Å². The van der Waals surface area contributed by atoms with Gasteiger partial charge >= 0.3 is 0 Å². The van der Waals surface area contributed by atoms with E-state index in [0.29, 0.717) is 11.0 Å². The maximum absolute atomic E-state index is 5.45. The molecule has 0 aliphatic carbocycles. The van der Waals surface area contributed by atoms with Crippen LogP contribution in [0.5, 0.6) is 5.75 Å².